The molecule has 4 rings (SSSR count). The maximum absolute atomic E-state index is 12.7. The van der Waals surface area contributed by atoms with Gasteiger partial charge >= 0.3 is 5.97 Å². The van der Waals surface area contributed by atoms with E-state index in [4.69, 9.17) is 4.42 Å². The average Bonchev–Trinajstić information content (AvgIpc) is 3.26. The smallest absolute Gasteiger partial charge is 0.306 e. The predicted octanol–water partition coefficient (Wildman–Crippen LogP) is 4.83. The maximum Gasteiger partial charge on any atom is 0.306 e. The lowest BCUT2D eigenvalue weighted by Gasteiger charge is -2.12. The van der Waals surface area contributed by atoms with E-state index in [1.807, 2.05) is 36.4 Å². The fourth-order valence-electron chi connectivity index (χ4n) is 3.92. The van der Waals surface area contributed by atoms with E-state index in [0.717, 1.165) is 41.6 Å². The van der Waals surface area contributed by atoms with Crippen LogP contribution in [0.25, 0.3) is 11.0 Å². The number of Topliss-reactive ketones (excluding diaryl/α,β-unsaturated/α-hetero) is 1. The first-order chi connectivity index (χ1) is 13.1. The first kappa shape index (κ1) is 17.5. The Labute approximate surface area is 157 Å². The normalized spacial score (nSPS) is 14.2. The number of carbonyl (C=O) groups excluding carboxylic acids is 1. The molecule has 0 bridgehead atoms. The Kier molecular flexibility index (Phi) is 4.80. The summed E-state index contributed by atoms with van der Waals surface area (Å²) in [6.45, 7) is 0. The molecule has 1 atom stereocenters. The van der Waals surface area contributed by atoms with Crippen molar-refractivity contribution in [1.82, 2.24) is 0 Å². The molecule has 0 saturated carbocycles. The lowest BCUT2D eigenvalue weighted by molar-refractivity contribution is -0.141. The molecule has 0 amide bonds. The van der Waals surface area contributed by atoms with E-state index in [0.29, 0.717) is 18.4 Å². The Bertz CT molecular complexity index is 984. The third-order valence-electron chi connectivity index (χ3n) is 5.43. The van der Waals surface area contributed by atoms with E-state index >= 15 is 0 Å². The number of benzene rings is 2. The van der Waals surface area contributed by atoms with Crippen LogP contribution in [0.5, 0.6) is 0 Å². The number of carbonyl (C=O) groups is 2. The van der Waals surface area contributed by atoms with Gasteiger partial charge in [-0.1, -0.05) is 42.5 Å². The highest BCUT2D eigenvalue weighted by Gasteiger charge is 2.24. The second-order valence-electron chi connectivity index (χ2n) is 7.26. The number of hydrogen-bond donors (Lipinski definition) is 1. The van der Waals surface area contributed by atoms with Gasteiger partial charge in [-0.25, -0.2) is 0 Å². The largest absolute Gasteiger partial charge is 0.481 e. The van der Waals surface area contributed by atoms with Crippen molar-refractivity contribution in [3.8, 4) is 0 Å². The maximum atomic E-state index is 12.7. The van der Waals surface area contributed by atoms with Crippen molar-refractivity contribution in [3.05, 3.63) is 71.0 Å². The molecular formula is C23H22O4. The number of aryl methyl sites for hydroxylation is 3. The van der Waals surface area contributed by atoms with Crippen molar-refractivity contribution in [3.63, 3.8) is 0 Å². The molecule has 0 radical (unpaired) electrons. The molecule has 2 aromatic carbocycles. The van der Waals surface area contributed by atoms with Gasteiger partial charge < -0.3 is 9.52 Å². The third kappa shape index (κ3) is 3.65. The molecule has 0 fully saturated rings. The zero-order valence-corrected chi connectivity index (χ0v) is 15.1. The highest BCUT2D eigenvalue weighted by molar-refractivity contribution is 6.01. The molecule has 3 aromatic rings. The van der Waals surface area contributed by atoms with Crippen molar-refractivity contribution in [1.29, 1.82) is 0 Å². The Hall–Kier alpha value is -2.88. The van der Waals surface area contributed by atoms with E-state index in [-0.39, 0.29) is 12.2 Å². The number of rotatable bonds is 7. The molecule has 4 nitrogen and oxygen atoms in total. The minimum atomic E-state index is -0.919. The number of ketones is 1. The number of aliphatic carboxylic acids is 1. The third-order valence-corrected chi connectivity index (χ3v) is 5.43. The zero-order chi connectivity index (χ0) is 18.8. The van der Waals surface area contributed by atoms with E-state index in [1.165, 1.54) is 5.56 Å². The summed E-state index contributed by atoms with van der Waals surface area (Å²) in [4.78, 5) is 24.3. The summed E-state index contributed by atoms with van der Waals surface area (Å²) in [6.07, 6.45) is 4.20. The van der Waals surface area contributed by atoms with Gasteiger partial charge in [-0.15, -0.1) is 0 Å². The monoisotopic (exact) mass is 362 g/mol. The number of furan rings is 1. The minimum Gasteiger partial charge on any atom is -0.481 e. The lowest BCUT2D eigenvalue weighted by atomic mass is 9.92. The van der Waals surface area contributed by atoms with Gasteiger partial charge in [0.1, 0.15) is 11.3 Å². The summed E-state index contributed by atoms with van der Waals surface area (Å²) in [5, 5.41) is 10.6. The summed E-state index contributed by atoms with van der Waals surface area (Å²) >= 11 is 0. The number of carboxylic acid groups (broad SMARTS) is 1. The highest BCUT2D eigenvalue weighted by atomic mass is 16.4. The van der Waals surface area contributed by atoms with Gasteiger partial charge in [0.2, 0.25) is 0 Å². The van der Waals surface area contributed by atoms with Crippen LogP contribution in [-0.4, -0.2) is 16.9 Å². The summed E-state index contributed by atoms with van der Waals surface area (Å²) in [7, 11) is 0. The topological polar surface area (TPSA) is 67.5 Å². The van der Waals surface area contributed by atoms with Crippen molar-refractivity contribution in [2.24, 2.45) is 5.92 Å². The molecule has 0 unspecified atom stereocenters. The lowest BCUT2D eigenvalue weighted by Crippen LogP contribution is -2.19. The van der Waals surface area contributed by atoms with Crippen LogP contribution < -0.4 is 0 Å². The van der Waals surface area contributed by atoms with Gasteiger partial charge in [0.15, 0.2) is 5.78 Å². The number of carboxylic acids is 1. The molecule has 0 saturated heterocycles. The molecule has 1 N–H and O–H groups in total. The van der Waals surface area contributed by atoms with Gasteiger partial charge in [0.25, 0.3) is 0 Å². The van der Waals surface area contributed by atoms with Crippen LogP contribution in [0.4, 0.5) is 0 Å². The predicted molar refractivity (Wildman–Crippen MR) is 103 cm³/mol. The molecule has 1 aliphatic rings. The van der Waals surface area contributed by atoms with Crippen LogP contribution in [-0.2, 0) is 24.1 Å². The molecule has 1 aromatic heterocycles. The molecule has 138 valence electrons. The molecular weight excluding hydrogens is 340 g/mol. The molecule has 1 aliphatic carbocycles. The van der Waals surface area contributed by atoms with E-state index in [1.54, 1.807) is 12.1 Å². The summed E-state index contributed by atoms with van der Waals surface area (Å²) in [5.74, 6) is -0.720. The van der Waals surface area contributed by atoms with E-state index in [9.17, 15) is 14.7 Å². The Morgan fingerprint density at radius 1 is 1.07 bits per heavy atom. The van der Waals surface area contributed by atoms with Crippen LogP contribution in [0.15, 0.2) is 52.9 Å². The van der Waals surface area contributed by atoms with Gasteiger partial charge in [0.05, 0.1) is 5.92 Å². The van der Waals surface area contributed by atoms with Crippen molar-refractivity contribution in [2.75, 3.05) is 0 Å². The summed E-state index contributed by atoms with van der Waals surface area (Å²) in [6, 6.07) is 15.3. The van der Waals surface area contributed by atoms with Gasteiger partial charge in [-0.05, 0) is 37.3 Å². The van der Waals surface area contributed by atoms with Crippen LogP contribution >= 0.6 is 0 Å². The zero-order valence-electron chi connectivity index (χ0n) is 15.1. The standard InChI is InChI=1S/C23H22O4/c24-20(13-17(23(25)26)10-9-15-5-2-1-3-6-15)16-11-12-19-18-7-4-8-21(18)27-22(19)14-16/h1-3,5-6,11-12,14,17H,4,7-10,13H2,(H,25,26)/t17-/m0/s1. The summed E-state index contributed by atoms with van der Waals surface area (Å²) < 4.78 is 5.89. The van der Waals surface area contributed by atoms with Crippen molar-refractivity contribution >= 4 is 22.7 Å². The van der Waals surface area contributed by atoms with Gasteiger partial charge in [-0.2, -0.15) is 0 Å². The Morgan fingerprint density at radius 2 is 1.89 bits per heavy atom. The minimum absolute atomic E-state index is 0.00803. The van der Waals surface area contributed by atoms with Gasteiger partial charge in [0, 0.05) is 29.4 Å². The molecule has 4 heteroatoms. The van der Waals surface area contributed by atoms with E-state index in [2.05, 4.69) is 0 Å². The van der Waals surface area contributed by atoms with Crippen molar-refractivity contribution in [2.45, 2.75) is 38.5 Å². The SMILES string of the molecule is O=C(C[C@H](CCc1ccccc1)C(=O)O)c1ccc2c3c(oc2c1)CCC3. The molecule has 0 aliphatic heterocycles. The van der Waals surface area contributed by atoms with Crippen LogP contribution in [0.1, 0.15) is 46.5 Å². The summed E-state index contributed by atoms with van der Waals surface area (Å²) in [5.41, 5.74) is 3.61. The highest BCUT2D eigenvalue weighted by Crippen LogP contribution is 2.33. The molecule has 0 spiro atoms. The van der Waals surface area contributed by atoms with Crippen LogP contribution in [0, 0.1) is 5.92 Å². The van der Waals surface area contributed by atoms with Crippen LogP contribution in [0.2, 0.25) is 0 Å². The fraction of sp³-hybridized carbons (Fsp3) is 0.304. The second kappa shape index (κ2) is 7.39. The quantitative estimate of drug-likeness (QED) is 0.612. The van der Waals surface area contributed by atoms with E-state index < -0.39 is 11.9 Å². The van der Waals surface area contributed by atoms with Crippen molar-refractivity contribution < 1.29 is 19.1 Å². The first-order valence-electron chi connectivity index (χ1n) is 9.46. The van der Waals surface area contributed by atoms with Gasteiger partial charge in [-0.3, -0.25) is 9.59 Å². The second-order valence-corrected chi connectivity index (χ2v) is 7.26. The average molecular weight is 362 g/mol. The van der Waals surface area contributed by atoms with Crippen LogP contribution in [0.3, 0.4) is 0 Å². The molecule has 1 heterocycles. The number of fused-ring (bicyclic) bond motifs is 3. The first-order valence-corrected chi connectivity index (χ1v) is 9.46. The Morgan fingerprint density at radius 3 is 2.67 bits per heavy atom. The fourth-order valence-corrected chi connectivity index (χ4v) is 3.92. The Balaban J connectivity index is 1.47. The number of hydrogen-bond acceptors (Lipinski definition) is 3. The molecule has 27 heavy (non-hydrogen) atoms.